The van der Waals surface area contributed by atoms with Gasteiger partial charge in [0.05, 0.1) is 104 Å². The Kier molecular flexibility index (Phi) is 21.8. The number of methoxy groups -OCH3 is 1. The number of hydrogen-bond acceptors (Lipinski definition) is 23. The molecule has 30 nitrogen and oxygen atoms in total. The second-order valence-corrected chi connectivity index (χ2v) is 29.4. The van der Waals surface area contributed by atoms with Crippen molar-refractivity contribution >= 4 is 107 Å². The largest absolute Gasteiger partial charge is 0.492 e. The zero-order chi connectivity index (χ0) is 67.5. The molecule has 0 spiro atoms. The number of fused-ring (bicyclic) bond motifs is 6. The fourth-order valence-corrected chi connectivity index (χ4v) is 14.8. The molecule has 0 radical (unpaired) electrons. The number of nitrogens with zero attached hydrogens (tertiary/aromatic N) is 3. The standard InChI is InChI=1S/C57H67N3O27S5/c1-56(2)47(58(15-5-7-51(63)87-60-49(61)12-13-50(60)62)43-10-8-37-39(52(43)56)29-35(89(69,70)71)31-45(37)91(75,76)77)33-41-54(64)42(55(41)65)34-48-57(3,14-6-28-88(66,67)68)53-40-30-36(90(72,73)74)32-46(92(78,79)80)38(40)9-11-44(53)59(48)16-17-82-20-21-84-24-25-86-27-26-85-23-22-83-19-18-81-4/h8-13,29-34,47H,5-7,14-28H2,1-4H3,(H6,64,65,66,67,68,69,70,71,72,73,74,75,76,77,78,79,80)/p+1. The fraction of sp³-hybridized carbons (Fsp3) is 0.439. The topological polar surface area (TPSA) is 439 Å². The summed E-state index contributed by atoms with van der Waals surface area (Å²) < 4.78 is 213. The summed E-state index contributed by atoms with van der Waals surface area (Å²) in [7, 11) is -24.0. The average molecular weight is 1390 g/mol. The van der Waals surface area contributed by atoms with Gasteiger partial charge in [-0.25, -0.2) is 4.79 Å². The van der Waals surface area contributed by atoms with Gasteiger partial charge in [-0.15, -0.1) is 4.73 Å². The van der Waals surface area contributed by atoms with Crippen molar-refractivity contribution < 1.29 is 118 Å². The van der Waals surface area contributed by atoms with Crippen LogP contribution >= 0.6 is 0 Å². The SMILES string of the molecule is COCCOCCOCCOCCOCCOCC[N+]1=C(C=c2c(=O)c(=CC3N(CCCC(=O)On4c(O)ccc4O)c4ccc5c(S(=O)(=O)O)cc(S(=O)(=O)O)cc5c4C3(C)C)c2=O)C(C)(CCCS(=O)(=O)O)c2c1ccc1c(S(=O)(=O)O)cc(S(=O)(=O)O)cc21. The highest BCUT2D eigenvalue weighted by Crippen LogP contribution is 2.51. The smallest absolute Gasteiger partial charge is 0.333 e. The Hall–Kier alpha value is -6.65. The van der Waals surface area contributed by atoms with Gasteiger partial charge in [-0.05, 0) is 85.0 Å². The number of aromatic hydroxyl groups is 2. The molecule has 8 rings (SSSR count). The van der Waals surface area contributed by atoms with Crippen molar-refractivity contribution in [2.45, 2.75) is 82.9 Å². The minimum absolute atomic E-state index is 0.0117. The van der Waals surface area contributed by atoms with Crippen molar-refractivity contribution in [2.24, 2.45) is 0 Å². The molecule has 1 aromatic heterocycles. The first-order valence-electron chi connectivity index (χ1n) is 28.2. The molecular formula is C57H68N3O27S5+. The number of rotatable bonds is 33. The second kappa shape index (κ2) is 28.1. The molecule has 6 aromatic rings. The van der Waals surface area contributed by atoms with Crippen LogP contribution in [0.1, 0.15) is 57.6 Å². The van der Waals surface area contributed by atoms with E-state index >= 15 is 0 Å². The van der Waals surface area contributed by atoms with Gasteiger partial charge in [0.15, 0.2) is 12.3 Å². The molecule has 0 fully saturated rings. The van der Waals surface area contributed by atoms with E-state index in [1.807, 2.05) is 0 Å². The monoisotopic (exact) mass is 1390 g/mol. The first kappa shape index (κ1) is 71.2. The van der Waals surface area contributed by atoms with E-state index in [0.29, 0.717) is 49.9 Å². The number of benzene rings is 4. The first-order valence-corrected chi connectivity index (χ1v) is 35.6. The Balaban J connectivity index is 1.21. The average Bonchev–Trinajstić information content (AvgIpc) is 1.53. The Morgan fingerprint density at radius 2 is 1.07 bits per heavy atom. The maximum Gasteiger partial charge on any atom is 0.333 e. The van der Waals surface area contributed by atoms with E-state index in [2.05, 4.69) is 0 Å². The summed E-state index contributed by atoms with van der Waals surface area (Å²) in [6.07, 6.45) is 1.38. The zero-order valence-electron chi connectivity index (χ0n) is 49.9. The van der Waals surface area contributed by atoms with Crippen LogP contribution in [0.3, 0.4) is 0 Å². The minimum Gasteiger partial charge on any atom is -0.492 e. The number of anilines is 1. The molecule has 92 heavy (non-hydrogen) atoms. The van der Waals surface area contributed by atoms with Crippen molar-refractivity contribution in [1.82, 2.24) is 4.73 Å². The minimum atomic E-state index is -5.27. The first-order chi connectivity index (χ1) is 43.0. The molecule has 0 bridgehead atoms. The van der Waals surface area contributed by atoms with Crippen LogP contribution in [0.4, 0.5) is 11.4 Å². The molecule has 2 aliphatic heterocycles. The van der Waals surface area contributed by atoms with E-state index in [1.54, 1.807) is 30.4 Å². The van der Waals surface area contributed by atoms with Crippen molar-refractivity contribution in [2.75, 3.05) is 104 Å². The van der Waals surface area contributed by atoms with Crippen molar-refractivity contribution in [1.29, 1.82) is 0 Å². The molecule has 502 valence electrons. The van der Waals surface area contributed by atoms with Crippen LogP contribution in [0.25, 0.3) is 33.7 Å². The van der Waals surface area contributed by atoms with Gasteiger partial charge in [0.2, 0.25) is 28.3 Å². The summed E-state index contributed by atoms with van der Waals surface area (Å²) in [6, 6.07) is 9.32. The summed E-state index contributed by atoms with van der Waals surface area (Å²) in [5.74, 6) is -3.01. The molecule has 7 N–H and O–H groups in total. The van der Waals surface area contributed by atoms with Crippen molar-refractivity contribution in [3.63, 3.8) is 0 Å². The van der Waals surface area contributed by atoms with Gasteiger partial charge in [-0.1, -0.05) is 19.9 Å². The lowest BCUT2D eigenvalue weighted by Crippen LogP contribution is -2.66. The number of hydrogen-bond donors (Lipinski definition) is 7. The van der Waals surface area contributed by atoms with E-state index in [0.717, 1.165) is 24.3 Å². The van der Waals surface area contributed by atoms with Gasteiger partial charge in [-0.2, -0.15) is 46.7 Å². The number of ether oxygens (including phenoxy) is 6. The van der Waals surface area contributed by atoms with Gasteiger partial charge in [0.1, 0.15) is 16.4 Å². The molecule has 2 aliphatic rings. The summed E-state index contributed by atoms with van der Waals surface area (Å²) in [4.78, 5) is 45.9. The number of aromatic nitrogens is 1. The molecule has 0 saturated carbocycles. The van der Waals surface area contributed by atoms with E-state index in [1.165, 1.54) is 43.3 Å². The summed E-state index contributed by atoms with van der Waals surface area (Å²) in [6.45, 7) is 7.07. The second-order valence-electron chi connectivity index (χ2n) is 22.2. The van der Waals surface area contributed by atoms with E-state index in [-0.39, 0.29) is 122 Å². The molecule has 5 aromatic carbocycles. The highest BCUT2D eigenvalue weighted by molar-refractivity contribution is 7.87. The van der Waals surface area contributed by atoms with E-state index in [4.69, 9.17) is 33.3 Å². The van der Waals surface area contributed by atoms with Crippen LogP contribution in [0.5, 0.6) is 11.8 Å². The Labute approximate surface area is 527 Å². The van der Waals surface area contributed by atoms with E-state index < -0.39 is 138 Å². The highest BCUT2D eigenvalue weighted by Gasteiger charge is 2.50. The van der Waals surface area contributed by atoms with Crippen LogP contribution in [0.15, 0.2) is 89.8 Å². The van der Waals surface area contributed by atoms with Gasteiger partial charge in [0.25, 0.3) is 50.6 Å². The fourth-order valence-electron chi connectivity index (χ4n) is 11.6. The molecular weight excluding hydrogens is 1320 g/mol. The van der Waals surface area contributed by atoms with Crippen LogP contribution in [-0.2, 0) is 94.6 Å². The van der Waals surface area contributed by atoms with Crippen LogP contribution in [-0.4, -0.2) is 201 Å². The lowest BCUT2D eigenvalue weighted by molar-refractivity contribution is -0.441. The third-order valence-corrected chi connectivity index (χ3v) is 20.0. The third-order valence-electron chi connectivity index (χ3n) is 15.8. The quantitative estimate of drug-likeness (QED) is 0.0174. The summed E-state index contributed by atoms with van der Waals surface area (Å²) in [5, 5.41) is 18.5. The maximum atomic E-state index is 14.9. The lowest BCUT2D eigenvalue weighted by atomic mass is 9.73. The molecule has 2 atom stereocenters. The predicted octanol–water partition coefficient (Wildman–Crippen LogP) is 1.41. The van der Waals surface area contributed by atoms with Gasteiger partial charge in [-0.3, -0.25) is 32.4 Å². The normalized spacial score (nSPS) is 16.9. The molecule has 0 amide bonds. The lowest BCUT2D eigenvalue weighted by Gasteiger charge is -2.32. The Morgan fingerprint density at radius 1 is 0.587 bits per heavy atom. The number of carbonyl (C=O) groups is 1. The Bertz CT molecular complexity index is 4620. The van der Waals surface area contributed by atoms with Gasteiger partial charge < -0.3 is 48.4 Å². The highest BCUT2D eigenvalue weighted by atomic mass is 32.2. The van der Waals surface area contributed by atoms with E-state index in [9.17, 15) is 89.4 Å². The van der Waals surface area contributed by atoms with Crippen LogP contribution < -0.4 is 31.0 Å². The van der Waals surface area contributed by atoms with Crippen LogP contribution in [0.2, 0.25) is 0 Å². The predicted molar refractivity (Wildman–Crippen MR) is 328 cm³/mol. The van der Waals surface area contributed by atoms with Crippen molar-refractivity contribution in [3.05, 3.63) is 103 Å². The molecule has 2 unspecified atom stereocenters. The van der Waals surface area contributed by atoms with Crippen LogP contribution in [0, 0.1) is 0 Å². The molecule has 35 heteroatoms. The molecule has 3 heterocycles. The summed E-state index contributed by atoms with van der Waals surface area (Å²) in [5.41, 5.74) is -4.08. The number of carbonyl (C=O) groups excluding carboxylic acids is 1. The zero-order valence-corrected chi connectivity index (χ0v) is 54.0. The molecule has 0 saturated heterocycles. The maximum absolute atomic E-state index is 14.9. The third kappa shape index (κ3) is 15.8. The van der Waals surface area contributed by atoms with Gasteiger partial charge >= 0.3 is 5.97 Å². The van der Waals surface area contributed by atoms with Crippen molar-refractivity contribution in [3.8, 4) is 11.8 Å². The molecule has 0 aliphatic carbocycles. The summed E-state index contributed by atoms with van der Waals surface area (Å²) >= 11 is 0. The van der Waals surface area contributed by atoms with Gasteiger partial charge in [0, 0.05) is 71.8 Å². The Morgan fingerprint density at radius 3 is 1.54 bits per heavy atom.